The normalized spacial score (nSPS) is 15.3. The Morgan fingerprint density at radius 2 is 2.12 bits per heavy atom. The zero-order valence-electron chi connectivity index (χ0n) is 14.1. The Morgan fingerprint density at radius 1 is 1.36 bits per heavy atom. The van der Waals surface area contributed by atoms with Gasteiger partial charge in [0.1, 0.15) is 11.6 Å². The van der Waals surface area contributed by atoms with E-state index in [-0.39, 0.29) is 30.6 Å². The third kappa shape index (κ3) is 4.01. The SMILES string of the molecule is Cc1c(C(=O)NCCc2ccc(F)cc2F)nnn1C1CCNCC1. The molecule has 1 amide bonds. The van der Waals surface area contributed by atoms with Gasteiger partial charge in [0.25, 0.3) is 5.91 Å². The Balaban J connectivity index is 1.59. The lowest BCUT2D eigenvalue weighted by Gasteiger charge is -2.23. The summed E-state index contributed by atoms with van der Waals surface area (Å²) in [6, 6.07) is 3.68. The molecule has 1 fully saturated rings. The van der Waals surface area contributed by atoms with Gasteiger partial charge in [0.15, 0.2) is 5.69 Å². The number of halogens is 2. The predicted octanol–water partition coefficient (Wildman–Crippen LogP) is 1.76. The van der Waals surface area contributed by atoms with E-state index < -0.39 is 11.6 Å². The molecule has 0 bridgehead atoms. The second-order valence-corrected chi connectivity index (χ2v) is 6.19. The highest BCUT2D eigenvalue weighted by molar-refractivity contribution is 5.93. The monoisotopic (exact) mass is 349 g/mol. The van der Waals surface area contributed by atoms with E-state index in [9.17, 15) is 13.6 Å². The molecule has 1 aromatic heterocycles. The van der Waals surface area contributed by atoms with Crippen LogP contribution in [0.25, 0.3) is 0 Å². The summed E-state index contributed by atoms with van der Waals surface area (Å²) >= 11 is 0. The van der Waals surface area contributed by atoms with Crippen molar-refractivity contribution in [3.63, 3.8) is 0 Å². The lowest BCUT2D eigenvalue weighted by Crippen LogP contribution is -2.30. The van der Waals surface area contributed by atoms with Gasteiger partial charge < -0.3 is 10.6 Å². The molecule has 134 valence electrons. The van der Waals surface area contributed by atoms with Crippen molar-refractivity contribution in [3.05, 3.63) is 46.8 Å². The zero-order valence-corrected chi connectivity index (χ0v) is 14.1. The number of carbonyl (C=O) groups excluding carboxylic acids is 1. The first kappa shape index (κ1) is 17.5. The van der Waals surface area contributed by atoms with E-state index in [0.29, 0.717) is 5.56 Å². The summed E-state index contributed by atoms with van der Waals surface area (Å²) in [4.78, 5) is 12.3. The van der Waals surface area contributed by atoms with Crippen LogP contribution in [0.4, 0.5) is 8.78 Å². The van der Waals surface area contributed by atoms with Crippen LogP contribution in [0.5, 0.6) is 0 Å². The van der Waals surface area contributed by atoms with Crippen LogP contribution >= 0.6 is 0 Å². The van der Waals surface area contributed by atoms with Gasteiger partial charge in [0.05, 0.1) is 11.7 Å². The average molecular weight is 349 g/mol. The highest BCUT2D eigenvalue weighted by atomic mass is 19.1. The largest absolute Gasteiger partial charge is 0.350 e. The topological polar surface area (TPSA) is 71.8 Å². The van der Waals surface area contributed by atoms with Gasteiger partial charge in [-0.2, -0.15) is 0 Å². The number of rotatable bonds is 5. The Bertz CT molecular complexity index is 755. The summed E-state index contributed by atoms with van der Waals surface area (Å²) in [5.74, 6) is -1.56. The van der Waals surface area contributed by atoms with Crippen LogP contribution in [-0.2, 0) is 6.42 Å². The minimum atomic E-state index is -0.615. The van der Waals surface area contributed by atoms with Crippen molar-refractivity contribution >= 4 is 5.91 Å². The van der Waals surface area contributed by atoms with E-state index in [1.165, 1.54) is 12.1 Å². The summed E-state index contributed by atoms with van der Waals surface area (Å²) in [7, 11) is 0. The van der Waals surface area contributed by atoms with E-state index in [2.05, 4.69) is 20.9 Å². The van der Waals surface area contributed by atoms with Crippen molar-refractivity contribution in [1.82, 2.24) is 25.6 Å². The molecule has 2 heterocycles. The van der Waals surface area contributed by atoms with Crippen LogP contribution in [0.1, 0.15) is 40.6 Å². The van der Waals surface area contributed by atoms with Crippen molar-refractivity contribution in [1.29, 1.82) is 0 Å². The predicted molar refractivity (Wildman–Crippen MR) is 88.3 cm³/mol. The molecule has 3 rings (SSSR count). The number of benzene rings is 1. The summed E-state index contributed by atoms with van der Waals surface area (Å²) in [6.45, 7) is 3.92. The van der Waals surface area contributed by atoms with Crippen molar-refractivity contribution in [3.8, 4) is 0 Å². The molecule has 0 saturated carbocycles. The third-order valence-electron chi connectivity index (χ3n) is 4.49. The van der Waals surface area contributed by atoms with E-state index >= 15 is 0 Å². The van der Waals surface area contributed by atoms with Gasteiger partial charge in [-0.15, -0.1) is 5.10 Å². The maximum atomic E-state index is 13.6. The van der Waals surface area contributed by atoms with E-state index in [4.69, 9.17) is 0 Å². The standard InChI is InChI=1S/C17H21F2N5O/c1-11-16(22-23-24(11)14-5-7-20-8-6-14)17(25)21-9-4-12-2-3-13(18)10-15(12)19/h2-3,10,14,20H,4-9H2,1H3,(H,21,25). The molecule has 1 saturated heterocycles. The minimum absolute atomic E-state index is 0.237. The van der Waals surface area contributed by atoms with Crippen LogP contribution in [0.3, 0.4) is 0 Å². The highest BCUT2D eigenvalue weighted by Crippen LogP contribution is 2.20. The number of piperidine rings is 1. The Morgan fingerprint density at radius 3 is 2.84 bits per heavy atom. The number of nitrogens with zero attached hydrogens (tertiary/aromatic N) is 3. The number of nitrogens with one attached hydrogen (secondary N) is 2. The number of carbonyl (C=O) groups is 1. The maximum absolute atomic E-state index is 13.6. The van der Waals surface area contributed by atoms with Crippen LogP contribution in [0.15, 0.2) is 18.2 Å². The Hall–Kier alpha value is -2.35. The molecule has 8 heteroatoms. The molecule has 25 heavy (non-hydrogen) atoms. The Labute approximate surface area is 144 Å². The van der Waals surface area contributed by atoms with Crippen molar-refractivity contribution < 1.29 is 13.6 Å². The van der Waals surface area contributed by atoms with Crippen LogP contribution in [-0.4, -0.2) is 40.5 Å². The average Bonchev–Trinajstić information content (AvgIpc) is 2.99. The molecule has 0 spiro atoms. The Kier molecular flexibility index (Phi) is 5.37. The lowest BCUT2D eigenvalue weighted by atomic mass is 10.1. The van der Waals surface area contributed by atoms with Gasteiger partial charge in [-0.05, 0) is 50.9 Å². The summed E-state index contributed by atoms with van der Waals surface area (Å²) < 4.78 is 28.3. The zero-order chi connectivity index (χ0) is 17.8. The first-order valence-corrected chi connectivity index (χ1v) is 8.41. The number of hydrogen-bond donors (Lipinski definition) is 2. The second-order valence-electron chi connectivity index (χ2n) is 6.19. The van der Waals surface area contributed by atoms with Crippen molar-refractivity contribution in [2.75, 3.05) is 19.6 Å². The van der Waals surface area contributed by atoms with Crippen LogP contribution in [0, 0.1) is 18.6 Å². The fourth-order valence-corrected chi connectivity index (χ4v) is 3.07. The van der Waals surface area contributed by atoms with Gasteiger partial charge in [0, 0.05) is 12.6 Å². The van der Waals surface area contributed by atoms with Crippen LogP contribution < -0.4 is 10.6 Å². The maximum Gasteiger partial charge on any atom is 0.273 e. The molecule has 0 radical (unpaired) electrons. The molecule has 0 atom stereocenters. The third-order valence-corrected chi connectivity index (χ3v) is 4.49. The first-order valence-electron chi connectivity index (χ1n) is 8.41. The fourth-order valence-electron chi connectivity index (χ4n) is 3.07. The number of aromatic nitrogens is 3. The first-order chi connectivity index (χ1) is 12.1. The van der Waals surface area contributed by atoms with E-state index in [1.54, 1.807) is 0 Å². The van der Waals surface area contributed by atoms with Gasteiger partial charge >= 0.3 is 0 Å². The number of hydrogen-bond acceptors (Lipinski definition) is 4. The smallest absolute Gasteiger partial charge is 0.273 e. The van der Waals surface area contributed by atoms with Gasteiger partial charge in [-0.1, -0.05) is 11.3 Å². The highest BCUT2D eigenvalue weighted by Gasteiger charge is 2.22. The van der Waals surface area contributed by atoms with Crippen molar-refractivity contribution in [2.45, 2.75) is 32.2 Å². The van der Waals surface area contributed by atoms with Gasteiger partial charge in [-0.25, -0.2) is 13.5 Å². The molecule has 2 N–H and O–H groups in total. The van der Waals surface area contributed by atoms with Crippen molar-refractivity contribution in [2.24, 2.45) is 0 Å². The second kappa shape index (κ2) is 7.69. The molecule has 1 aliphatic rings. The van der Waals surface area contributed by atoms with Gasteiger partial charge in [-0.3, -0.25) is 4.79 Å². The molecule has 1 aromatic carbocycles. The molecule has 2 aromatic rings. The minimum Gasteiger partial charge on any atom is -0.350 e. The molecular weight excluding hydrogens is 328 g/mol. The van der Waals surface area contributed by atoms with E-state index in [1.807, 2.05) is 11.6 Å². The molecule has 0 aliphatic carbocycles. The van der Waals surface area contributed by atoms with Gasteiger partial charge in [0.2, 0.25) is 0 Å². The van der Waals surface area contributed by atoms with Crippen LogP contribution in [0.2, 0.25) is 0 Å². The molecule has 1 aliphatic heterocycles. The summed E-state index contributed by atoms with van der Waals surface area (Å²) in [6.07, 6.45) is 2.18. The summed E-state index contributed by atoms with van der Waals surface area (Å²) in [5.41, 5.74) is 1.38. The molecule has 0 unspecified atom stereocenters. The molecular formula is C17H21F2N5O. The number of amides is 1. The van der Waals surface area contributed by atoms with E-state index in [0.717, 1.165) is 37.7 Å². The fraction of sp³-hybridized carbons (Fsp3) is 0.471. The molecule has 6 nitrogen and oxygen atoms in total. The quantitative estimate of drug-likeness (QED) is 0.863. The lowest BCUT2D eigenvalue weighted by molar-refractivity contribution is 0.0948. The summed E-state index contributed by atoms with van der Waals surface area (Å²) in [5, 5.41) is 14.1.